The monoisotopic (exact) mass is 326 g/mol. The number of aromatic carboxylic acids is 1. The third kappa shape index (κ3) is 7.86. The predicted molar refractivity (Wildman–Crippen MR) is 82.2 cm³/mol. The Morgan fingerprint density at radius 2 is 1.65 bits per heavy atom. The minimum Gasteiger partial charge on any atom is -0.545 e. The number of benzene rings is 1. The SMILES string of the molecule is CCCCNCCC.O=C([O-])c1ccc([N+](=O)[O-])c([N+](=O)[O-])c1. The summed E-state index contributed by atoms with van der Waals surface area (Å²) in [7, 11) is 0. The Morgan fingerprint density at radius 1 is 1.04 bits per heavy atom. The van der Waals surface area contributed by atoms with E-state index >= 15 is 0 Å². The molecular formula is C14H20N3O6-. The zero-order valence-electron chi connectivity index (χ0n) is 13.1. The highest BCUT2D eigenvalue weighted by Crippen LogP contribution is 2.27. The van der Waals surface area contributed by atoms with Crippen molar-refractivity contribution in [2.45, 2.75) is 33.1 Å². The summed E-state index contributed by atoms with van der Waals surface area (Å²) in [5.41, 5.74) is -2.11. The lowest BCUT2D eigenvalue weighted by atomic mass is 10.2. The van der Waals surface area contributed by atoms with Gasteiger partial charge in [-0.25, -0.2) is 0 Å². The molecule has 0 bridgehead atoms. The number of nitrogens with one attached hydrogen (secondary N) is 1. The van der Waals surface area contributed by atoms with Crippen LogP contribution in [0.5, 0.6) is 0 Å². The number of nitro groups is 2. The molecule has 1 aromatic carbocycles. The van der Waals surface area contributed by atoms with Crippen molar-refractivity contribution in [3.8, 4) is 0 Å². The van der Waals surface area contributed by atoms with Crippen LogP contribution in [0.25, 0.3) is 0 Å². The maximum atomic E-state index is 10.4. The predicted octanol–water partition coefficient (Wildman–Crippen LogP) is 1.65. The Morgan fingerprint density at radius 3 is 2.09 bits per heavy atom. The van der Waals surface area contributed by atoms with Crippen LogP contribution in [0.15, 0.2) is 18.2 Å². The van der Waals surface area contributed by atoms with Crippen LogP contribution in [0.3, 0.4) is 0 Å². The smallest absolute Gasteiger partial charge is 0.346 e. The minimum atomic E-state index is -1.63. The molecule has 0 saturated heterocycles. The van der Waals surface area contributed by atoms with E-state index in [4.69, 9.17) is 0 Å². The quantitative estimate of drug-likeness (QED) is 0.435. The maximum absolute atomic E-state index is 10.4. The van der Waals surface area contributed by atoms with Gasteiger partial charge in [0, 0.05) is 17.7 Å². The average molecular weight is 326 g/mol. The highest BCUT2D eigenvalue weighted by Gasteiger charge is 2.24. The summed E-state index contributed by atoms with van der Waals surface area (Å²) in [5.74, 6) is -1.63. The second-order valence-corrected chi connectivity index (χ2v) is 4.61. The molecule has 0 aliphatic rings. The van der Waals surface area contributed by atoms with Gasteiger partial charge in [0.05, 0.1) is 15.8 Å². The maximum Gasteiger partial charge on any atom is 0.346 e. The van der Waals surface area contributed by atoms with Crippen LogP contribution in [0.1, 0.15) is 43.5 Å². The summed E-state index contributed by atoms with van der Waals surface area (Å²) < 4.78 is 0. The number of hydrogen-bond acceptors (Lipinski definition) is 7. The molecule has 128 valence electrons. The highest BCUT2D eigenvalue weighted by molar-refractivity contribution is 5.87. The molecule has 0 spiro atoms. The molecule has 1 aromatic rings. The third-order valence-corrected chi connectivity index (χ3v) is 2.74. The first-order valence-corrected chi connectivity index (χ1v) is 7.20. The van der Waals surface area contributed by atoms with Crippen LogP contribution in [-0.2, 0) is 0 Å². The first-order valence-electron chi connectivity index (χ1n) is 7.20. The van der Waals surface area contributed by atoms with Gasteiger partial charge in [0.2, 0.25) is 0 Å². The highest BCUT2D eigenvalue weighted by atomic mass is 16.6. The fourth-order valence-corrected chi connectivity index (χ4v) is 1.55. The lowest BCUT2D eigenvalue weighted by Gasteiger charge is -2.01. The fourth-order valence-electron chi connectivity index (χ4n) is 1.55. The van der Waals surface area contributed by atoms with E-state index in [1.165, 1.54) is 32.4 Å². The molecule has 1 N–H and O–H groups in total. The Kier molecular flexibility index (Phi) is 9.85. The first-order chi connectivity index (χ1) is 10.8. The van der Waals surface area contributed by atoms with Gasteiger partial charge in [0.15, 0.2) is 0 Å². The molecule has 0 atom stereocenters. The van der Waals surface area contributed by atoms with Crippen LogP contribution < -0.4 is 10.4 Å². The molecule has 0 fully saturated rings. The summed E-state index contributed by atoms with van der Waals surface area (Å²) in [6.07, 6.45) is 3.88. The zero-order valence-corrected chi connectivity index (χ0v) is 13.1. The lowest BCUT2D eigenvalue weighted by molar-refractivity contribution is -0.422. The second kappa shape index (κ2) is 11.1. The number of carboxylic acid groups (broad SMARTS) is 1. The number of carboxylic acids is 1. The molecule has 0 amide bonds. The molecule has 0 saturated carbocycles. The number of nitro benzene ring substituents is 2. The van der Waals surface area contributed by atoms with E-state index in [1.54, 1.807) is 0 Å². The van der Waals surface area contributed by atoms with E-state index in [9.17, 15) is 30.1 Å². The van der Waals surface area contributed by atoms with Crippen LogP contribution in [0.4, 0.5) is 11.4 Å². The lowest BCUT2D eigenvalue weighted by Crippen LogP contribution is -2.22. The number of unbranched alkanes of at least 4 members (excludes halogenated alkanes) is 1. The molecule has 0 aliphatic heterocycles. The van der Waals surface area contributed by atoms with Crippen molar-refractivity contribution in [3.05, 3.63) is 44.0 Å². The van der Waals surface area contributed by atoms with Gasteiger partial charge in [-0.05, 0) is 32.0 Å². The largest absolute Gasteiger partial charge is 0.545 e. The average Bonchev–Trinajstić information content (AvgIpc) is 2.51. The van der Waals surface area contributed by atoms with Crippen molar-refractivity contribution in [2.24, 2.45) is 0 Å². The standard InChI is InChI=1S/C7H4N2O6.C7H17N/c10-7(11)4-1-2-5(8(12)13)6(3-4)9(14)15;1-3-5-7-8-6-4-2/h1-3H,(H,10,11);8H,3-7H2,1-2H3/p-1. The molecule has 0 heterocycles. The number of nitrogens with zero attached hydrogens (tertiary/aromatic N) is 2. The molecule has 23 heavy (non-hydrogen) atoms. The van der Waals surface area contributed by atoms with Gasteiger partial charge in [0.1, 0.15) is 0 Å². The van der Waals surface area contributed by atoms with E-state index < -0.39 is 32.8 Å². The van der Waals surface area contributed by atoms with Crippen LogP contribution in [0, 0.1) is 20.2 Å². The Balaban J connectivity index is 0.000000515. The first kappa shape index (κ1) is 20.5. The van der Waals surface area contributed by atoms with Crippen molar-refractivity contribution in [1.82, 2.24) is 5.32 Å². The van der Waals surface area contributed by atoms with E-state index in [0.717, 1.165) is 12.1 Å². The third-order valence-electron chi connectivity index (χ3n) is 2.74. The Bertz CT molecular complexity index is 541. The minimum absolute atomic E-state index is 0.479. The summed E-state index contributed by atoms with van der Waals surface area (Å²) in [6, 6.07) is 2.22. The normalized spacial score (nSPS) is 9.65. The van der Waals surface area contributed by atoms with Gasteiger partial charge < -0.3 is 15.2 Å². The van der Waals surface area contributed by atoms with E-state index in [-0.39, 0.29) is 0 Å². The Labute approximate surface area is 133 Å². The molecule has 9 heteroatoms. The second-order valence-electron chi connectivity index (χ2n) is 4.61. The van der Waals surface area contributed by atoms with Gasteiger partial charge >= 0.3 is 11.4 Å². The van der Waals surface area contributed by atoms with Crippen LogP contribution >= 0.6 is 0 Å². The summed E-state index contributed by atoms with van der Waals surface area (Å²) >= 11 is 0. The Hall–Kier alpha value is -2.55. The van der Waals surface area contributed by atoms with Gasteiger partial charge in [-0.1, -0.05) is 20.3 Å². The summed E-state index contributed by atoms with van der Waals surface area (Å²) in [6.45, 7) is 6.79. The van der Waals surface area contributed by atoms with E-state index in [2.05, 4.69) is 19.2 Å². The molecule has 9 nitrogen and oxygen atoms in total. The zero-order chi connectivity index (χ0) is 17.8. The summed E-state index contributed by atoms with van der Waals surface area (Å²) in [5, 5.41) is 34.4. The molecule has 0 aliphatic carbocycles. The molecule has 0 unspecified atom stereocenters. The molecule has 0 radical (unpaired) electrons. The van der Waals surface area contributed by atoms with Gasteiger partial charge in [-0.3, -0.25) is 20.2 Å². The van der Waals surface area contributed by atoms with Gasteiger partial charge in [0.25, 0.3) is 0 Å². The number of carbonyl (C=O) groups is 1. The number of carbonyl (C=O) groups excluding carboxylic acids is 1. The van der Waals surface area contributed by atoms with Gasteiger partial charge in [-0.2, -0.15) is 0 Å². The number of rotatable bonds is 8. The van der Waals surface area contributed by atoms with Gasteiger partial charge in [-0.15, -0.1) is 0 Å². The van der Waals surface area contributed by atoms with Crippen molar-refractivity contribution in [2.75, 3.05) is 13.1 Å². The van der Waals surface area contributed by atoms with Crippen molar-refractivity contribution >= 4 is 17.3 Å². The van der Waals surface area contributed by atoms with Crippen LogP contribution in [0.2, 0.25) is 0 Å². The van der Waals surface area contributed by atoms with E-state index in [0.29, 0.717) is 6.07 Å². The van der Waals surface area contributed by atoms with Crippen molar-refractivity contribution < 1.29 is 19.7 Å². The fraction of sp³-hybridized carbons (Fsp3) is 0.500. The molecular weight excluding hydrogens is 306 g/mol. The van der Waals surface area contributed by atoms with Crippen LogP contribution in [-0.4, -0.2) is 28.9 Å². The molecule has 0 aromatic heterocycles. The van der Waals surface area contributed by atoms with Crippen molar-refractivity contribution in [3.63, 3.8) is 0 Å². The topological polar surface area (TPSA) is 138 Å². The summed E-state index contributed by atoms with van der Waals surface area (Å²) in [4.78, 5) is 29.1. The number of hydrogen-bond donors (Lipinski definition) is 1. The molecule has 1 rings (SSSR count). The van der Waals surface area contributed by atoms with E-state index in [1.807, 2.05) is 0 Å². The van der Waals surface area contributed by atoms with Crippen molar-refractivity contribution in [1.29, 1.82) is 0 Å².